The number of carbonyl (C=O) groups is 1. The minimum atomic E-state index is -0.583. The van der Waals surface area contributed by atoms with Crippen molar-refractivity contribution in [1.82, 2.24) is 15.2 Å². The molecule has 0 saturated heterocycles. The molecule has 2 aromatic heterocycles. The van der Waals surface area contributed by atoms with E-state index in [1.165, 1.54) is 4.70 Å². The van der Waals surface area contributed by atoms with Crippen molar-refractivity contribution in [2.75, 3.05) is 0 Å². The van der Waals surface area contributed by atoms with E-state index < -0.39 is 6.10 Å². The number of rotatable bonds is 7. The monoisotopic (exact) mass is 393 g/mol. The van der Waals surface area contributed by atoms with Gasteiger partial charge in [0.05, 0.1) is 15.2 Å². The Morgan fingerprint density at radius 2 is 1.89 bits per heavy atom. The minimum absolute atomic E-state index is 0.284. The van der Waals surface area contributed by atoms with Gasteiger partial charge < -0.3 is 9.15 Å². The van der Waals surface area contributed by atoms with E-state index in [9.17, 15) is 4.79 Å². The molecule has 0 fully saturated rings. The lowest BCUT2D eigenvalue weighted by Crippen LogP contribution is -2.09. The summed E-state index contributed by atoms with van der Waals surface area (Å²) in [7, 11) is 0. The first kappa shape index (κ1) is 18.3. The average Bonchev–Trinajstić information content (AvgIpc) is 3.35. The van der Waals surface area contributed by atoms with Gasteiger partial charge in [0.15, 0.2) is 6.10 Å². The number of nitrogens with zero attached hydrogens (tertiary/aromatic N) is 3. The van der Waals surface area contributed by atoms with Crippen LogP contribution < -0.4 is 0 Å². The summed E-state index contributed by atoms with van der Waals surface area (Å²) in [5, 5.41) is 9.05. The molecule has 0 radical (unpaired) electrons. The second kappa shape index (κ2) is 8.31. The van der Waals surface area contributed by atoms with Gasteiger partial charge in [-0.15, -0.1) is 21.5 Å². The second-order valence-corrected chi connectivity index (χ2v) is 7.49. The van der Waals surface area contributed by atoms with E-state index in [4.69, 9.17) is 9.15 Å². The zero-order valence-electron chi connectivity index (χ0n) is 15.4. The van der Waals surface area contributed by atoms with Crippen LogP contribution in [0.3, 0.4) is 0 Å². The van der Waals surface area contributed by atoms with Crippen LogP contribution in [0.2, 0.25) is 0 Å². The molecular formula is C21H19N3O3S. The molecule has 6 nitrogen and oxygen atoms in total. The van der Waals surface area contributed by atoms with E-state index in [0.717, 1.165) is 22.5 Å². The molecule has 0 aliphatic rings. The van der Waals surface area contributed by atoms with E-state index in [1.54, 1.807) is 18.3 Å². The lowest BCUT2D eigenvalue weighted by Gasteiger charge is -2.08. The maximum Gasteiger partial charge on any atom is 0.306 e. The molecule has 4 rings (SSSR count). The molecule has 142 valence electrons. The first-order chi connectivity index (χ1) is 13.7. The van der Waals surface area contributed by atoms with Crippen LogP contribution in [0.15, 0.2) is 59.0 Å². The van der Waals surface area contributed by atoms with Crippen molar-refractivity contribution in [3.63, 3.8) is 0 Å². The molecule has 2 aromatic carbocycles. The fourth-order valence-electron chi connectivity index (χ4n) is 2.81. The van der Waals surface area contributed by atoms with Crippen LogP contribution in [0.25, 0.3) is 21.7 Å². The van der Waals surface area contributed by atoms with Gasteiger partial charge in [0.25, 0.3) is 5.89 Å². The summed E-state index contributed by atoms with van der Waals surface area (Å²) in [5.74, 6) is 0.417. The number of hydrogen-bond donors (Lipinski definition) is 0. The molecule has 7 heteroatoms. The number of aryl methyl sites for hydroxylation is 1. The Balaban J connectivity index is 1.28. The summed E-state index contributed by atoms with van der Waals surface area (Å²) in [6, 6.07) is 17.5. The number of fused-ring (bicyclic) bond motifs is 1. The molecule has 0 amide bonds. The van der Waals surface area contributed by atoms with Crippen LogP contribution in [0.5, 0.6) is 0 Å². The van der Waals surface area contributed by atoms with Gasteiger partial charge in [0.2, 0.25) is 5.89 Å². The van der Waals surface area contributed by atoms with E-state index in [-0.39, 0.29) is 5.97 Å². The van der Waals surface area contributed by atoms with Gasteiger partial charge in [-0.05, 0) is 44.0 Å². The van der Waals surface area contributed by atoms with Crippen LogP contribution in [0.1, 0.15) is 36.8 Å². The van der Waals surface area contributed by atoms with E-state index in [0.29, 0.717) is 24.6 Å². The van der Waals surface area contributed by atoms with Crippen LogP contribution in [0, 0.1) is 0 Å². The summed E-state index contributed by atoms with van der Waals surface area (Å²) in [5.41, 5.74) is 1.83. The number of thiazole rings is 1. The topological polar surface area (TPSA) is 78.1 Å². The Morgan fingerprint density at radius 3 is 2.71 bits per heavy atom. The van der Waals surface area contributed by atoms with Crippen molar-refractivity contribution in [3.05, 3.63) is 65.5 Å². The lowest BCUT2D eigenvalue weighted by atomic mass is 10.2. The maximum absolute atomic E-state index is 12.1. The molecule has 0 N–H and O–H groups in total. The fraction of sp³-hybridized carbons (Fsp3) is 0.238. The smallest absolute Gasteiger partial charge is 0.306 e. The largest absolute Gasteiger partial charge is 0.453 e. The van der Waals surface area contributed by atoms with Crippen LogP contribution in [-0.2, 0) is 16.0 Å². The van der Waals surface area contributed by atoms with Crippen molar-refractivity contribution < 1.29 is 13.9 Å². The Labute approximate surface area is 166 Å². The van der Waals surface area contributed by atoms with Gasteiger partial charge in [-0.25, -0.2) is 4.98 Å². The highest BCUT2D eigenvalue weighted by atomic mass is 32.1. The fourth-order valence-corrected chi connectivity index (χ4v) is 3.82. The molecule has 0 bridgehead atoms. The molecule has 0 unspecified atom stereocenters. The Morgan fingerprint density at radius 1 is 1.11 bits per heavy atom. The van der Waals surface area contributed by atoms with Gasteiger partial charge in [0.1, 0.15) is 0 Å². The van der Waals surface area contributed by atoms with E-state index in [1.807, 2.05) is 48.5 Å². The maximum atomic E-state index is 12.1. The number of para-hydroxylation sites is 1. The second-order valence-electron chi connectivity index (χ2n) is 6.37. The molecule has 28 heavy (non-hydrogen) atoms. The molecule has 1 atom stereocenters. The van der Waals surface area contributed by atoms with Gasteiger partial charge in [-0.2, -0.15) is 0 Å². The Bertz CT molecular complexity index is 1040. The molecule has 0 aliphatic heterocycles. The van der Waals surface area contributed by atoms with Gasteiger partial charge >= 0.3 is 5.97 Å². The third-order valence-electron chi connectivity index (χ3n) is 4.23. The van der Waals surface area contributed by atoms with Crippen LogP contribution in [0.4, 0.5) is 0 Å². The van der Waals surface area contributed by atoms with Crippen molar-refractivity contribution in [2.24, 2.45) is 0 Å². The normalized spacial score (nSPS) is 12.2. The highest BCUT2D eigenvalue weighted by Gasteiger charge is 2.19. The molecule has 0 spiro atoms. The SMILES string of the molecule is C[C@H](OC(=O)CCCc1nc2ccccc2s1)c1nnc(-c2ccccc2)o1. The Hall–Kier alpha value is -3.06. The highest BCUT2D eigenvalue weighted by molar-refractivity contribution is 7.18. The predicted octanol–water partition coefficient (Wildman–Crippen LogP) is 4.97. The summed E-state index contributed by atoms with van der Waals surface area (Å²) in [6.07, 6.45) is 1.17. The number of esters is 1. The van der Waals surface area contributed by atoms with E-state index >= 15 is 0 Å². The van der Waals surface area contributed by atoms with Crippen molar-refractivity contribution >= 4 is 27.5 Å². The molecule has 0 saturated carbocycles. The third-order valence-corrected chi connectivity index (χ3v) is 5.32. The lowest BCUT2D eigenvalue weighted by molar-refractivity contribution is -0.149. The molecule has 2 heterocycles. The summed E-state index contributed by atoms with van der Waals surface area (Å²) in [6.45, 7) is 1.73. The summed E-state index contributed by atoms with van der Waals surface area (Å²) < 4.78 is 12.2. The van der Waals surface area contributed by atoms with Crippen LogP contribution in [-0.4, -0.2) is 21.2 Å². The number of benzene rings is 2. The average molecular weight is 393 g/mol. The molecule has 0 aliphatic carbocycles. The zero-order valence-corrected chi connectivity index (χ0v) is 16.2. The van der Waals surface area contributed by atoms with Crippen LogP contribution >= 0.6 is 11.3 Å². The number of carbonyl (C=O) groups excluding carboxylic acids is 1. The summed E-state index contributed by atoms with van der Waals surface area (Å²) in [4.78, 5) is 16.7. The Kier molecular flexibility index (Phi) is 5.43. The van der Waals surface area contributed by atoms with Crippen molar-refractivity contribution in [1.29, 1.82) is 0 Å². The van der Waals surface area contributed by atoms with Gasteiger partial charge in [-0.1, -0.05) is 30.3 Å². The summed E-state index contributed by atoms with van der Waals surface area (Å²) >= 11 is 1.66. The predicted molar refractivity (Wildman–Crippen MR) is 107 cm³/mol. The number of hydrogen-bond acceptors (Lipinski definition) is 7. The first-order valence-electron chi connectivity index (χ1n) is 9.12. The zero-order chi connectivity index (χ0) is 19.3. The van der Waals surface area contributed by atoms with Crippen molar-refractivity contribution in [3.8, 4) is 11.5 Å². The molecule has 4 aromatic rings. The first-order valence-corrected chi connectivity index (χ1v) is 9.93. The van der Waals surface area contributed by atoms with Crippen molar-refractivity contribution in [2.45, 2.75) is 32.3 Å². The minimum Gasteiger partial charge on any atom is -0.453 e. The number of aromatic nitrogens is 3. The number of ether oxygens (including phenoxy) is 1. The quantitative estimate of drug-likeness (QED) is 0.412. The van der Waals surface area contributed by atoms with E-state index in [2.05, 4.69) is 21.2 Å². The van der Waals surface area contributed by atoms with Gasteiger partial charge in [0, 0.05) is 12.0 Å². The molecular weight excluding hydrogens is 374 g/mol. The van der Waals surface area contributed by atoms with Gasteiger partial charge in [-0.3, -0.25) is 4.79 Å². The highest BCUT2D eigenvalue weighted by Crippen LogP contribution is 2.24. The standard InChI is InChI=1S/C21H19N3O3S/c1-14(20-23-24-21(27-20)15-8-3-2-4-9-15)26-19(25)13-7-12-18-22-16-10-5-6-11-17(16)28-18/h2-6,8-11,14H,7,12-13H2,1H3/t14-/m0/s1. The third kappa shape index (κ3) is 4.26.